The molecule has 0 radical (unpaired) electrons. The smallest absolute Gasteiger partial charge is 0.129 e. The first kappa shape index (κ1) is 10.0. The summed E-state index contributed by atoms with van der Waals surface area (Å²) in [6.45, 7) is 1.74. The lowest BCUT2D eigenvalue weighted by Crippen LogP contribution is -1.96. The quantitative estimate of drug-likeness (QED) is 0.580. The van der Waals surface area contributed by atoms with Crippen LogP contribution in [0.4, 0.5) is 0 Å². The summed E-state index contributed by atoms with van der Waals surface area (Å²) in [4.78, 5) is 3.82. The Bertz CT molecular complexity index is 340. The summed E-state index contributed by atoms with van der Waals surface area (Å²) >= 11 is 5.66. The molecule has 1 atom stereocenters. The minimum atomic E-state index is -0.576. The van der Waals surface area contributed by atoms with Crippen LogP contribution in [0.25, 0.3) is 0 Å². The molecule has 3 heteroatoms. The van der Waals surface area contributed by atoms with E-state index < -0.39 is 6.10 Å². The van der Waals surface area contributed by atoms with E-state index >= 15 is 0 Å². The lowest BCUT2D eigenvalue weighted by atomic mass is 10.1. The zero-order valence-corrected chi connectivity index (χ0v) is 8.04. The minimum Gasteiger partial charge on any atom is -0.387 e. The first-order valence-electron chi connectivity index (χ1n) is 3.93. The Balaban J connectivity index is 2.74. The second-order valence-electron chi connectivity index (χ2n) is 2.56. The fourth-order valence-corrected chi connectivity index (χ4v) is 1.12. The number of pyridine rings is 1. The lowest BCUT2D eigenvalue weighted by Gasteiger charge is -2.06. The van der Waals surface area contributed by atoms with Gasteiger partial charge < -0.3 is 5.11 Å². The molecule has 1 rings (SSSR count). The van der Waals surface area contributed by atoms with Crippen LogP contribution in [0.3, 0.4) is 0 Å². The fraction of sp³-hybridized carbons (Fsp3) is 0.300. The topological polar surface area (TPSA) is 33.1 Å². The van der Waals surface area contributed by atoms with Crippen molar-refractivity contribution in [2.24, 2.45) is 0 Å². The van der Waals surface area contributed by atoms with Crippen LogP contribution < -0.4 is 0 Å². The largest absolute Gasteiger partial charge is 0.387 e. The summed E-state index contributed by atoms with van der Waals surface area (Å²) in [5.74, 6) is 5.53. The number of aliphatic hydroxyl groups excluding tert-OH is 1. The third-order valence-electron chi connectivity index (χ3n) is 1.61. The van der Waals surface area contributed by atoms with Crippen molar-refractivity contribution in [3.8, 4) is 11.8 Å². The zero-order valence-electron chi connectivity index (χ0n) is 7.29. The molecule has 1 aromatic heterocycles. The maximum atomic E-state index is 9.59. The van der Waals surface area contributed by atoms with Gasteiger partial charge in [-0.15, -0.1) is 11.8 Å². The molecule has 0 fully saturated rings. The van der Waals surface area contributed by atoms with Gasteiger partial charge in [-0.2, -0.15) is 0 Å². The van der Waals surface area contributed by atoms with Gasteiger partial charge in [-0.05, 0) is 24.6 Å². The molecule has 1 heterocycles. The van der Waals surface area contributed by atoms with E-state index in [1.165, 1.54) is 0 Å². The Kier molecular flexibility index (Phi) is 3.75. The minimum absolute atomic E-state index is 0.390. The van der Waals surface area contributed by atoms with Crippen LogP contribution in [0.5, 0.6) is 0 Å². The summed E-state index contributed by atoms with van der Waals surface area (Å²) in [5.41, 5.74) is 0.753. The molecular formula is C10H10ClNO. The van der Waals surface area contributed by atoms with E-state index in [1.807, 2.05) is 0 Å². The highest BCUT2D eigenvalue weighted by Gasteiger charge is 2.05. The van der Waals surface area contributed by atoms with Crippen molar-refractivity contribution in [3.05, 3.63) is 29.0 Å². The van der Waals surface area contributed by atoms with Gasteiger partial charge in [-0.3, -0.25) is 0 Å². The number of hydrogen-bond donors (Lipinski definition) is 1. The Morgan fingerprint density at radius 3 is 3.08 bits per heavy atom. The molecule has 1 N–H and O–H groups in total. The monoisotopic (exact) mass is 195 g/mol. The van der Waals surface area contributed by atoms with Crippen molar-refractivity contribution in [1.82, 2.24) is 4.98 Å². The molecule has 0 spiro atoms. The second kappa shape index (κ2) is 4.86. The summed E-state index contributed by atoms with van der Waals surface area (Å²) in [7, 11) is 0. The molecule has 0 aliphatic carbocycles. The Labute approximate surface area is 82.6 Å². The van der Waals surface area contributed by atoms with Crippen molar-refractivity contribution in [2.75, 3.05) is 0 Å². The van der Waals surface area contributed by atoms with Crippen LogP contribution in [0.2, 0.25) is 5.15 Å². The van der Waals surface area contributed by atoms with E-state index in [4.69, 9.17) is 11.6 Å². The average Bonchev–Trinajstić information content (AvgIpc) is 2.14. The molecule has 0 aliphatic heterocycles. The van der Waals surface area contributed by atoms with Crippen LogP contribution in [-0.2, 0) is 0 Å². The van der Waals surface area contributed by atoms with Gasteiger partial charge in [0.05, 0.1) is 6.10 Å². The van der Waals surface area contributed by atoms with Crippen LogP contribution in [-0.4, -0.2) is 10.1 Å². The molecule has 0 aromatic carbocycles. The van der Waals surface area contributed by atoms with Crippen molar-refractivity contribution < 1.29 is 5.11 Å². The molecular weight excluding hydrogens is 186 g/mol. The molecule has 0 saturated heterocycles. The number of nitrogens with zero attached hydrogens (tertiary/aromatic N) is 1. The van der Waals surface area contributed by atoms with Gasteiger partial charge in [0.1, 0.15) is 5.15 Å². The van der Waals surface area contributed by atoms with Gasteiger partial charge in [-0.25, -0.2) is 4.98 Å². The molecule has 13 heavy (non-hydrogen) atoms. The van der Waals surface area contributed by atoms with Crippen LogP contribution in [0.15, 0.2) is 18.3 Å². The zero-order chi connectivity index (χ0) is 9.68. The summed E-state index contributed by atoms with van der Waals surface area (Å²) in [6, 6.07) is 3.37. The number of hydrogen-bond acceptors (Lipinski definition) is 2. The number of aliphatic hydroxyl groups is 1. The van der Waals surface area contributed by atoms with Gasteiger partial charge in [-0.1, -0.05) is 11.6 Å². The third kappa shape index (κ3) is 3.06. The Hall–Kier alpha value is -1.04. The van der Waals surface area contributed by atoms with E-state index in [0.717, 1.165) is 5.56 Å². The number of halogens is 1. The summed E-state index contributed by atoms with van der Waals surface area (Å²) < 4.78 is 0. The van der Waals surface area contributed by atoms with Crippen molar-refractivity contribution in [2.45, 2.75) is 19.4 Å². The van der Waals surface area contributed by atoms with Crippen molar-refractivity contribution in [1.29, 1.82) is 0 Å². The van der Waals surface area contributed by atoms with Gasteiger partial charge in [0, 0.05) is 12.6 Å². The van der Waals surface area contributed by atoms with Gasteiger partial charge >= 0.3 is 0 Å². The maximum Gasteiger partial charge on any atom is 0.129 e. The molecule has 1 aromatic rings. The molecule has 1 unspecified atom stereocenters. The third-order valence-corrected chi connectivity index (χ3v) is 1.81. The lowest BCUT2D eigenvalue weighted by molar-refractivity contribution is 0.184. The highest BCUT2D eigenvalue weighted by atomic mass is 35.5. The fourth-order valence-electron chi connectivity index (χ4n) is 0.941. The van der Waals surface area contributed by atoms with E-state index in [-0.39, 0.29) is 0 Å². The normalized spacial score (nSPS) is 11.6. The molecule has 0 saturated carbocycles. The SMILES string of the molecule is CC#CCC(O)c1ccnc(Cl)c1. The molecule has 0 amide bonds. The molecule has 0 aliphatic rings. The maximum absolute atomic E-state index is 9.59. The van der Waals surface area contributed by atoms with Gasteiger partial charge in [0.15, 0.2) is 0 Å². The van der Waals surface area contributed by atoms with Crippen LogP contribution in [0.1, 0.15) is 25.0 Å². The van der Waals surface area contributed by atoms with E-state index in [0.29, 0.717) is 11.6 Å². The van der Waals surface area contributed by atoms with Crippen LogP contribution >= 0.6 is 11.6 Å². The second-order valence-corrected chi connectivity index (χ2v) is 2.95. The number of aromatic nitrogens is 1. The standard InChI is InChI=1S/C10H10ClNO/c1-2-3-4-9(13)8-5-6-12-10(11)7-8/h5-7,9,13H,4H2,1H3. The molecule has 0 bridgehead atoms. The first-order valence-corrected chi connectivity index (χ1v) is 4.31. The molecule has 2 nitrogen and oxygen atoms in total. The van der Waals surface area contributed by atoms with Crippen LogP contribution in [0, 0.1) is 11.8 Å². The van der Waals surface area contributed by atoms with E-state index in [2.05, 4.69) is 16.8 Å². The van der Waals surface area contributed by atoms with Gasteiger partial charge in [0.25, 0.3) is 0 Å². The van der Waals surface area contributed by atoms with E-state index in [9.17, 15) is 5.11 Å². The highest BCUT2D eigenvalue weighted by molar-refractivity contribution is 6.29. The summed E-state index contributed by atoms with van der Waals surface area (Å²) in [5, 5.41) is 9.98. The Morgan fingerprint density at radius 1 is 1.69 bits per heavy atom. The first-order chi connectivity index (χ1) is 6.24. The van der Waals surface area contributed by atoms with E-state index in [1.54, 1.807) is 25.3 Å². The Morgan fingerprint density at radius 2 is 2.46 bits per heavy atom. The molecule has 68 valence electrons. The predicted octanol–water partition coefficient (Wildman–Crippen LogP) is 2.18. The van der Waals surface area contributed by atoms with Crippen molar-refractivity contribution in [3.63, 3.8) is 0 Å². The highest BCUT2D eigenvalue weighted by Crippen LogP contribution is 2.17. The van der Waals surface area contributed by atoms with Gasteiger partial charge in [0.2, 0.25) is 0 Å². The number of rotatable bonds is 2. The summed E-state index contributed by atoms with van der Waals surface area (Å²) in [6.07, 6.45) is 1.42. The van der Waals surface area contributed by atoms with Crippen molar-refractivity contribution >= 4 is 11.6 Å². The predicted molar refractivity (Wildman–Crippen MR) is 52.3 cm³/mol. The average molecular weight is 196 g/mol.